The summed E-state index contributed by atoms with van der Waals surface area (Å²) in [4.78, 5) is 43.9. The molecule has 3 aliphatic heterocycles. The SMILES string of the molecule is COc1ccc2c(c1)CN([C@@H](CC(C)(C)C)C(=O)N1C[C@]3(C[C@H]1C#N)C(=O)Nc1ccccc13)C2=O. The van der Waals surface area contributed by atoms with Gasteiger partial charge in [0.1, 0.15) is 17.8 Å². The van der Waals surface area contributed by atoms with Gasteiger partial charge in [0, 0.05) is 30.8 Å². The number of para-hydroxylation sites is 1. The number of carbonyl (C=O) groups excluding carboxylic acids is 3. The van der Waals surface area contributed by atoms with Gasteiger partial charge in [0.25, 0.3) is 5.91 Å². The van der Waals surface area contributed by atoms with E-state index in [0.717, 1.165) is 16.8 Å². The zero-order valence-electron chi connectivity index (χ0n) is 21.0. The van der Waals surface area contributed by atoms with E-state index in [1.807, 2.05) is 51.1 Å². The lowest BCUT2D eigenvalue weighted by Crippen LogP contribution is -2.52. The first kappa shape index (κ1) is 23.9. The summed E-state index contributed by atoms with van der Waals surface area (Å²) in [6.07, 6.45) is 0.652. The van der Waals surface area contributed by atoms with Gasteiger partial charge in [0.05, 0.1) is 18.6 Å². The van der Waals surface area contributed by atoms with Crippen molar-refractivity contribution in [3.8, 4) is 11.8 Å². The van der Waals surface area contributed by atoms with Crippen molar-refractivity contribution in [2.24, 2.45) is 5.41 Å². The van der Waals surface area contributed by atoms with E-state index in [0.29, 0.717) is 17.7 Å². The summed E-state index contributed by atoms with van der Waals surface area (Å²) in [6.45, 7) is 6.47. The number of methoxy groups -OCH3 is 1. The molecule has 2 aromatic carbocycles. The van der Waals surface area contributed by atoms with Crippen molar-refractivity contribution in [3.63, 3.8) is 0 Å². The van der Waals surface area contributed by atoms with Gasteiger partial charge in [-0.1, -0.05) is 39.0 Å². The fourth-order valence-corrected chi connectivity index (χ4v) is 5.79. The largest absolute Gasteiger partial charge is 0.497 e. The van der Waals surface area contributed by atoms with Gasteiger partial charge in [-0.05, 0) is 47.2 Å². The third-order valence-electron chi connectivity index (χ3n) is 7.53. The summed E-state index contributed by atoms with van der Waals surface area (Å²) in [6, 6.07) is 13.5. The Balaban J connectivity index is 1.50. The number of hydrogen-bond donors (Lipinski definition) is 1. The van der Waals surface area contributed by atoms with E-state index in [-0.39, 0.29) is 42.6 Å². The molecule has 5 rings (SSSR count). The molecule has 0 radical (unpaired) electrons. The summed E-state index contributed by atoms with van der Waals surface area (Å²) >= 11 is 0. The van der Waals surface area contributed by atoms with Gasteiger partial charge in [-0.15, -0.1) is 0 Å². The van der Waals surface area contributed by atoms with Gasteiger partial charge < -0.3 is 19.9 Å². The van der Waals surface area contributed by atoms with E-state index < -0.39 is 17.5 Å². The van der Waals surface area contributed by atoms with Crippen LogP contribution in [0.5, 0.6) is 5.75 Å². The minimum absolute atomic E-state index is 0.107. The van der Waals surface area contributed by atoms with Crippen molar-refractivity contribution < 1.29 is 19.1 Å². The third-order valence-corrected chi connectivity index (χ3v) is 7.53. The molecule has 8 heteroatoms. The molecular weight excluding hydrogens is 456 g/mol. The fraction of sp³-hybridized carbons (Fsp3) is 0.429. The van der Waals surface area contributed by atoms with Crippen molar-refractivity contribution in [1.29, 1.82) is 5.26 Å². The van der Waals surface area contributed by atoms with Gasteiger partial charge in [0.2, 0.25) is 11.8 Å². The Labute approximate surface area is 210 Å². The summed E-state index contributed by atoms with van der Waals surface area (Å²) in [5, 5.41) is 12.9. The average Bonchev–Trinajstić information content (AvgIpc) is 3.48. The second-order valence-corrected chi connectivity index (χ2v) is 11.1. The summed E-state index contributed by atoms with van der Waals surface area (Å²) < 4.78 is 5.32. The predicted octanol–water partition coefficient (Wildman–Crippen LogP) is 3.47. The highest BCUT2D eigenvalue weighted by atomic mass is 16.5. The Kier molecular flexibility index (Phi) is 5.55. The highest BCUT2D eigenvalue weighted by Gasteiger charge is 2.57. The average molecular weight is 487 g/mol. The summed E-state index contributed by atoms with van der Waals surface area (Å²) in [5.41, 5.74) is 1.67. The maximum atomic E-state index is 14.2. The molecule has 3 aliphatic rings. The monoisotopic (exact) mass is 486 g/mol. The molecule has 1 fully saturated rings. The standard InChI is InChI=1S/C28H30N4O4/c1-27(2,3)13-23(31-15-17-11-19(36-4)9-10-20(17)24(31)33)25(34)32-16-28(12-18(32)14-29)21-7-5-6-8-22(21)30-26(28)35/h5-11,18,23H,12-13,15-16H2,1-4H3,(H,30,35)/t18-,23-,28-/m0/s1. The molecule has 0 aromatic heterocycles. The lowest BCUT2D eigenvalue weighted by atomic mass is 9.80. The highest BCUT2D eigenvalue weighted by Crippen LogP contribution is 2.47. The van der Waals surface area contributed by atoms with Gasteiger partial charge in [-0.25, -0.2) is 0 Å². The second-order valence-electron chi connectivity index (χ2n) is 11.1. The normalized spacial score (nSPS) is 23.4. The first-order valence-electron chi connectivity index (χ1n) is 12.2. The molecule has 0 saturated carbocycles. The van der Waals surface area contributed by atoms with E-state index in [2.05, 4.69) is 11.4 Å². The third kappa shape index (κ3) is 3.70. The van der Waals surface area contributed by atoms with E-state index in [1.165, 1.54) is 4.90 Å². The minimum Gasteiger partial charge on any atom is -0.497 e. The molecule has 1 N–H and O–H groups in total. The predicted molar refractivity (Wildman–Crippen MR) is 133 cm³/mol. The van der Waals surface area contributed by atoms with E-state index in [4.69, 9.17) is 4.74 Å². The lowest BCUT2D eigenvalue weighted by molar-refractivity contribution is -0.137. The number of ether oxygens (including phenoxy) is 1. The Morgan fingerprint density at radius 2 is 2.00 bits per heavy atom. The van der Waals surface area contributed by atoms with Crippen LogP contribution in [0.2, 0.25) is 0 Å². The minimum atomic E-state index is -0.968. The molecule has 1 saturated heterocycles. The van der Waals surface area contributed by atoms with Crippen molar-refractivity contribution in [2.75, 3.05) is 19.0 Å². The molecule has 36 heavy (non-hydrogen) atoms. The lowest BCUT2D eigenvalue weighted by Gasteiger charge is -2.35. The number of nitriles is 1. The van der Waals surface area contributed by atoms with Crippen molar-refractivity contribution >= 4 is 23.4 Å². The van der Waals surface area contributed by atoms with Crippen molar-refractivity contribution in [2.45, 2.75) is 57.7 Å². The number of likely N-dealkylation sites (tertiary alicyclic amines) is 1. The van der Waals surface area contributed by atoms with Crippen LogP contribution in [-0.2, 0) is 21.5 Å². The number of carbonyl (C=O) groups is 3. The van der Waals surface area contributed by atoms with Crippen LogP contribution in [0.15, 0.2) is 42.5 Å². The smallest absolute Gasteiger partial charge is 0.255 e. The Morgan fingerprint density at radius 1 is 1.25 bits per heavy atom. The van der Waals surface area contributed by atoms with Crippen LogP contribution in [-0.4, -0.2) is 53.3 Å². The van der Waals surface area contributed by atoms with Crippen LogP contribution in [0.4, 0.5) is 5.69 Å². The van der Waals surface area contributed by atoms with Gasteiger partial charge in [-0.2, -0.15) is 5.26 Å². The first-order chi connectivity index (χ1) is 17.1. The fourth-order valence-electron chi connectivity index (χ4n) is 5.79. The second kappa shape index (κ2) is 8.37. The van der Waals surface area contributed by atoms with Gasteiger partial charge >= 0.3 is 0 Å². The number of benzene rings is 2. The molecule has 0 bridgehead atoms. The quantitative estimate of drug-likeness (QED) is 0.713. The molecule has 3 atom stereocenters. The van der Waals surface area contributed by atoms with Crippen molar-refractivity contribution in [3.05, 3.63) is 59.2 Å². The molecule has 3 heterocycles. The van der Waals surface area contributed by atoms with E-state index in [1.54, 1.807) is 24.1 Å². The van der Waals surface area contributed by atoms with Crippen LogP contribution in [0, 0.1) is 16.7 Å². The Hall–Kier alpha value is -3.86. The summed E-state index contributed by atoms with van der Waals surface area (Å²) in [7, 11) is 1.57. The number of amides is 3. The van der Waals surface area contributed by atoms with Crippen LogP contribution in [0.25, 0.3) is 0 Å². The van der Waals surface area contributed by atoms with E-state index >= 15 is 0 Å². The number of rotatable bonds is 4. The molecule has 0 unspecified atom stereocenters. The molecular formula is C28H30N4O4. The maximum absolute atomic E-state index is 14.2. The highest BCUT2D eigenvalue weighted by molar-refractivity contribution is 6.07. The van der Waals surface area contributed by atoms with Gasteiger partial charge in [0.15, 0.2) is 0 Å². The van der Waals surface area contributed by atoms with E-state index in [9.17, 15) is 19.6 Å². The zero-order chi connectivity index (χ0) is 25.8. The van der Waals surface area contributed by atoms with Crippen LogP contribution < -0.4 is 10.1 Å². The number of nitrogens with one attached hydrogen (secondary N) is 1. The van der Waals surface area contributed by atoms with Crippen LogP contribution in [0.3, 0.4) is 0 Å². The molecule has 186 valence electrons. The summed E-state index contributed by atoms with van der Waals surface area (Å²) in [5.74, 6) is -0.0392. The number of hydrogen-bond acceptors (Lipinski definition) is 5. The topological polar surface area (TPSA) is 103 Å². The van der Waals surface area contributed by atoms with Crippen LogP contribution >= 0.6 is 0 Å². The van der Waals surface area contributed by atoms with Crippen molar-refractivity contribution in [1.82, 2.24) is 9.80 Å². The molecule has 2 aromatic rings. The van der Waals surface area contributed by atoms with Gasteiger partial charge in [-0.3, -0.25) is 14.4 Å². The Bertz CT molecular complexity index is 1310. The maximum Gasteiger partial charge on any atom is 0.255 e. The molecule has 0 aliphatic carbocycles. The molecule has 1 spiro atoms. The zero-order valence-corrected chi connectivity index (χ0v) is 21.0. The Morgan fingerprint density at radius 3 is 2.69 bits per heavy atom. The molecule has 3 amide bonds. The molecule has 8 nitrogen and oxygen atoms in total. The first-order valence-corrected chi connectivity index (χ1v) is 12.2. The van der Waals surface area contributed by atoms with Crippen LogP contribution in [0.1, 0.15) is 55.1 Å². The number of fused-ring (bicyclic) bond motifs is 3. The number of anilines is 1. The number of nitrogens with zero attached hydrogens (tertiary/aromatic N) is 3.